The van der Waals surface area contributed by atoms with Gasteiger partial charge in [-0.2, -0.15) is 0 Å². The summed E-state index contributed by atoms with van der Waals surface area (Å²) in [5.41, 5.74) is 38.4. The Morgan fingerprint density at radius 3 is 1.58 bits per heavy atom. The van der Waals surface area contributed by atoms with Crippen LogP contribution in [0.25, 0.3) is 55.2 Å². The Bertz CT molecular complexity index is 2770. The number of nitrogen functional groups attached to an aromatic ring is 4. The number of fused-ring (bicyclic) bond motifs is 2. The molecule has 332 valence electrons. The molecule has 0 unspecified atom stereocenters. The second-order valence-electron chi connectivity index (χ2n) is 13.6. The van der Waals surface area contributed by atoms with Crippen LogP contribution in [-0.4, -0.2) is 43.9 Å². The molecule has 0 atom stereocenters. The normalized spacial score (nSPS) is 9.78. The summed E-state index contributed by atoms with van der Waals surface area (Å²) in [6.07, 6.45) is 3.48. The second-order valence-corrected chi connectivity index (χ2v) is 14.8. The molecule has 0 saturated heterocycles. The predicted molar refractivity (Wildman–Crippen MR) is 261 cm³/mol. The van der Waals surface area contributed by atoms with Gasteiger partial charge in [0.25, 0.3) is 6.47 Å². The second kappa shape index (κ2) is 28.8. The van der Waals surface area contributed by atoms with E-state index >= 15 is 0 Å². The molecule has 0 fully saturated rings. The Hall–Kier alpha value is -2.43. The van der Waals surface area contributed by atoms with Crippen LogP contribution >= 0.6 is 22.6 Å². The first-order chi connectivity index (χ1) is 29.6. The van der Waals surface area contributed by atoms with Gasteiger partial charge in [0.1, 0.15) is 11.5 Å². The molecule has 4 aromatic heterocycles. The van der Waals surface area contributed by atoms with Gasteiger partial charge in [0.2, 0.25) is 0 Å². The van der Waals surface area contributed by atoms with E-state index in [1.807, 2.05) is 97.0 Å². The van der Waals surface area contributed by atoms with Gasteiger partial charge in [-0.25, -0.2) is 0 Å². The van der Waals surface area contributed by atoms with Crippen LogP contribution in [0.1, 0.15) is 56.7 Å². The van der Waals surface area contributed by atoms with Crippen LogP contribution in [0.3, 0.4) is 0 Å². The zero-order valence-corrected chi connectivity index (χ0v) is 52.4. The monoisotopic (exact) mass is 1230 g/mol. The number of aromatic nitrogens is 4. The van der Waals surface area contributed by atoms with Crippen molar-refractivity contribution in [3.05, 3.63) is 123 Å². The van der Waals surface area contributed by atoms with E-state index in [0.717, 1.165) is 92.8 Å². The fraction of sp³-hybridized carbons (Fsp3) is 0.196. The Balaban J connectivity index is 0.000000921. The van der Waals surface area contributed by atoms with E-state index in [1.54, 1.807) is 18.5 Å². The summed E-state index contributed by atoms with van der Waals surface area (Å²) >= 11 is 2.17. The first-order valence-electron chi connectivity index (χ1n) is 19.3. The fourth-order valence-corrected chi connectivity index (χ4v) is 7.49. The van der Waals surface area contributed by atoms with Crippen LogP contribution in [0, 0.1) is 45.1 Å². The van der Waals surface area contributed by atoms with Crippen LogP contribution < -0.4 is 171 Å². The van der Waals surface area contributed by atoms with E-state index in [1.165, 1.54) is 0 Å². The smallest absolute Gasteiger partial charge is 1.00 e. The van der Waals surface area contributed by atoms with Crippen molar-refractivity contribution in [2.45, 2.75) is 62.8 Å². The molecule has 0 aliphatic heterocycles. The molecule has 19 heteroatoms. The van der Waals surface area contributed by atoms with Gasteiger partial charge in [0.15, 0.2) is 0 Å². The fourth-order valence-electron chi connectivity index (χ4n) is 6.85. The summed E-state index contributed by atoms with van der Waals surface area (Å²) in [6, 6.07) is 23.2. The average molecular weight is 1230 g/mol. The van der Waals surface area contributed by atoms with Crippen LogP contribution in [-0.2, 0) is 9.68 Å². The number of nitrogens with two attached hydrogens (primary N) is 4. The maximum atomic E-state index is 9.23. The van der Waals surface area contributed by atoms with Gasteiger partial charge in [-0.05, 0) is 140 Å². The molecule has 0 aliphatic rings. The van der Waals surface area contributed by atoms with Gasteiger partial charge in [-0.15, -0.1) is 0 Å². The van der Waals surface area contributed by atoms with E-state index in [9.17, 15) is 10.0 Å². The zero-order chi connectivity index (χ0) is 45.8. The molecule has 4 heterocycles. The van der Waals surface area contributed by atoms with E-state index in [2.05, 4.69) is 72.9 Å². The van der Waals surface area contributed by atoms with Gasteiger partial charge >= 0.3 is 145 Å². The van der Waals surface area contributed by atoms with Crippen LogP contribution in [0.2, 0.25) is 0 Å². The quantitative estimate of drug-likeness (QED) is 0.0358. The number of carbonyl (C=O) groups excluding carboxylic acids is 1. The summed E-state index contributed by atoms with van der Waals surface area (Å²) in [6.45, 7) is 15.3. The summed E-state index contributed by atoms with van der Waals surface area (Å²) in [7, 11) is -1.44. The van der Waals surface area contributed by atoms with Gasteiger partial charge in [-0.1, -0.05) is 61.4 Å². The third-order valence-corrected chi connectivity index (χ3v) is 10.5. The molecule has 0 radical (unpaired) electrons. The molecular formula is C46H54BCs2IN8O7. The first kappa shape index (κ1) is 60.6. The zero-order valence-electron chi connectivity index (χ0n) is 38.6. The van der Waals surface area contributed by atoms with Crippen molar-refractivity contribution in [3.63, 3.8) is 0 Å². The van der Waals surface area contributed by atoms with Crippen molar-refractivity contribution in [2.24, 2.45) is 0 Å². The standard InChI is InChI=1S/C21H20N4O.C11H12IN3O.C10H10BNO2.C2H6.CH2O3.CH4.2Cs.H/c1-11-6-7-18-15(5-4-8-24-18)19(11)16-9-14(10-17(22)21(16)23)20-12(2)25-26-13(20)3;1-5-10(6(2)16-15-5)7-3-8(12)11(14)9(13)4-7;1-7-4-5-9-8(3-2-6-12-9)10(7)11(13)14;1-2;2-1-4-3;;;;/h4-10H,22-23H2,1-3H3;3-4H,13-14H2,1-2H3;2-6,13-14H,1H3;1-2H3;1,3H;1H4;;;/q;;;;;;2*+1;-1/p-1. The summed E-state index contributed by atoms with van der Waals surface area (Å²) < 4.78 is 11.4. The van der Waals surface area contributed by atoms with Gasteiger partial charge in [-0.3, -0.25) is 14.8 Å². The van der Waals surface area contributed by atoms with E-state index < -0.39 is 7.12 Å². The summed E-state index contributed by atoms with van der Waals surface area (Å²) in [4.78, 5) is 19.9. The van der Waals surface area contributed by atoms with Crippen molar-refractivity contribution in [1.82, 2.24) is 20.3 Å². The largest absolute Gasteiger partial charge is 1.00 e. The van der Waals surface area contributed by atoms with Crippen LogP contribution in [0.15, 0.2) is 94.2 Å². The van der Waals surface area contributed by atoms with Gasteiger partial charge in [0.05, 0.1) is 45.2 Å². The number of aryl methyl sites for hydroxylation is 6. The molecule has 0 saturated carbocycles. The van der Waals surface area contributed by atoms with Crippen molar-refractivity contribution in [2.75, 3.05) is 22.9 Å². The topological polar surface area (TPSA) is 272 Å². The van der Waals surface area contributed by atoms with E-state index in [4.69, 9.17) is 42.0 Å². The SMILES string of the molecule is C.CC.Cc1ccc2ncccc2c1-c1cc(-c2c(C)noc2C)cc(N)c1N.Cc1ccc2ncccc2c1B(O)O.Cc1noc(C)c1-c1cc(N)c(N)c(I)c1.O=CO[O-].[Cs+].[Cs+].[H-]. The Morgan fingerprint density at radius 2 is 1.14 bits per heavy atom. The number of nitrogens with zero attached hydrogens (tertiary/aromatic N) is 4. The maximum absolute atomic E-state index is 9.23. The Morgan fingerprint density at radius 1 is 0.692 bits per heavy atom. The molecule has 15 nitrogen and oxygen atoms in total. The summed E-state index contributed by atoms with van der Waals surface area (Å²) in [5, 5.41) is 36.7. The molecule has 0 aliphatic carbocycles. The van der Waals surface area contributed by atoms with Crippen molar-refractivity contribution in [3.8, 4) is 33.4 Å². The summed E-state index contributed by atoms with van der Waals surface area (Å²) in [5.74, 6) is 1.55. The van der Waals surface area contributed by atoms with Crippen molar-refractivity contribution < 1.29 is 173 Å². The molecule has 8 aromatic rings. The number of benzene rings is 4. The molecule has 0 bridgehead atoms. The number of rotatable bonds is 5. The number of carbonyl (C=O) groups is 1. The minimum absolute atomic E-state index is 0. The van der Waals surface area contributed by atoms with Crippen LogP contribution in [0.4, 0.5) is 22.7 Å². The third-order valence-electron chi connectivity index (χ3n) is 9.62. The van der Waals surface area contributed by atoms with Gasteiger partial charge < -0.3 is 53.6 Å². The molecule has 0 amide bonds. The number of hydrogen-bond donors (Lipinski definition) is 6. The van der Waals surface area contributed by atoms with E-state index in [-0.39, 0.29) is 153 Å². The van der Waals surface area contributed by atoms with Crippen LogP contribution in [0.5, 0.6) is 0 Å². The Labute approximate surface area is 512 Å². The molecule has 4 aromatic carbocycles. The minimum Gasteiger partial charge on any atom is -1.00 e. The number of hydrogen-bond acceptors (Lipinski definition) is 15. The molecule has 8 rings (SSSR count). The molecule has 10 N–H and O–H groups in total. The molecule has 65 heavy (non-hydrogen) atoms. The number of pyridine rings is 2. The molecular weight excluding hydrogens is 1180 g/mol. The Kier molecular flexibility index (Phi) is 26.8. The minimum atomic E-state index is -1.44. The average Bonchev–Trinajstić information content (AvgIpc) is 3.79. The van der Waals surface area contributed by atoms with Gasteiger partial charge in [0, 0.05) is 43.4 Å². The number of halogens is 1. The number of anilines is 4. The third kappa shape index (κ3) is 15.0. The molecule has 0 spiro atoms. The first-order valence-corrected chi connectivity index (χ1v) is 20.3. The maximum Gasteiger partial charge on any atom is 1.00 e. The van der Waals surface area contributed by atoms with Crippen molar-refractivity contribution in [1.29, 1.82) is 0 Å². The van der Waals surface area contributed by atoms with E-state index in [0.29, 0.717) is 28.2 Å². The van der Waals surface area contributed by atoms with Crippen molar-refractivity contribution >= 4 is 86.2 Å². The predicted octanol–water partition coefficient (Wildman–Crippen LogP) is 1.81.